The number of halogens is 2. The summed E-state index contributed by atoms with van der Waals surface area (Å²) in [5.41, 5.74) is -0.296. The summed E-state index contributed by atoms with van der Waals surface area (Å²) in [5.74, 6) is -2.20. The highest BCUT2D eigenvalue weighted by Crippen LogP contribution is 2.56. The van der Waals surface area contributed by atoms with Crippen LogP contribution in [0.3, 0.4) is 0 Å². The highest BCUT2D eigenvalue weighted by molar-refractivity contribution is 6.35. The first-order valence-electron chi connectivity index (χ1n) is 11.8. The number of rotatable bonds is 10. The van der Waals surface area contributed by atoms with Crippen LogP contribution in [0.25, 0.3) is 0 Å². The number of carboxylic acid groups (broad SMARTS) is 2. The van der Waals surface area contributed by atoms with Crippen LogP contribution in [-0.2, 0) is 27.4 Å². The van der Waals surface area contributed by atoms with Crippen molar-refractivity contribution >= 4 is 41.0 Å². The van der Waals surface area contributed by atoms with Crippen LogP contribution in [0.15, 0.2) is 42.5 Å². The van der Waals surface area contributed by atoms with Gasteiger partial charge in [-0.25, -0.2) is 0 Å². The molecule has 0 aliphatic heterocycles. The standard InChI is InChI=1S/C27H31Cl2NO6/c1-26(2)20(11-12-27(26,3)25(34)35)24(33)30-17(14-23(31)32)13-16-7-9-18(10-8-16)36-15-19-21(28)5-4-6-22(19)29/h4-10,17,20H,11-15H2,1-3H3,(H,30,33)(H,31,32)(H,34,35)/t17-,20+,27+/m1/s1. The van der Waals surface area contributed by atoms with Gasteiger partial charge < -0.3 is 20.3 Å². The SMILES string of the molecule is CC1(C)[C@H](C(=O)N[C@@H](CC(=O)O)Cc2ccc(OCc3c(Cl)cccc3Cl)cc2)CC[C@@]1(C)C(=O)O. The topological polar surface area (TPSA) is 113 Å². The Morgan fingerprint density at radius 2 is 1.67 bits per heavy atom. The molecular formula is C27H31Cl2NO6. The second-order valence-electron chi connectivity index (χ2n) is 10.1. The van der Waals surface area contributed by atoms with Gasteiger partial charge in [0.15, 0.2) is 0 Å². The fourth-order valence-corrected chi connectivity index (χ4v) is 5.37. The van der Waals surface area contributed by atoms with E-state index in [1.165, 1.54) is 0 Å². The lowest BCUT2D eigenvalue weighted by Gasteiger charge is -2.38. The van der Waals surface area contributed by atoms with Gasteiger partial charge in [-0.2, -0.15) is 0 Å². The number of carboxylic acids is 2. The number of benzene rings is 2. The molecule has 2 aromatic carbocycles. The lowest BCUT2D eigenvalue weighted by molar-refractivity contribution is -0.155. The van der Waals surface area contributed by atoms with Gasteiger partial charge in [0, 0.05) is 27.6 Å². The molecule has 3 N–H and O–H groups in total. The van der Waals surface area contributed by atoms with E-state index in [1.54, 1.807) is 51.1 Å². The third-order valence-electron chi connectivity index (χ3n) is 7.63. The molecule has 2 aromatic rings. The molecule has 3 atom stereocenters. The molecule has 1 aliphatic rings. The third kappa shape index (κ3) is 5.95. The molecule has 36 heavy (non-hydrogen) atoms. The quantitative estimate of drug-likeness (QED) is 0.364. The molecule has 0 heterocycles. The van der Waals surface area contributed by atoms with Crippen molar-refractivity contribution in [1.29, 1.82) is 0 Å². The number of hydrogen-bond donors (Lipinski definition) is 3. The number of hydrogen-bond acceptors (Lipinski definition) is 4. The van der Waals surface area contributed by atoms with E-state index in [0.717, 1.165) is 5.56 Å². The predicted molar refractivity (Wildman–Crippen MR) is 137 cm³/mol. The molecule has 0 unspecified atom stereocenters. The summed E-state index contributed by atoms with van der Waals surface area (Å²) >= 11 is 12.4. The maximum Gasteiger partial charge on any atom is 0.309 e. The molecule has 0 saturated heterocycles. The monoisotopic (exact) mass is 535 g/mol. The second-order valence-corrected chi connectivity index (χ2v) is 10.9. The number of aliphatic carboxylic acids is 2. The van der Waals surface area contributed by atoms with Crippen molar-refractivity contribution in [3.63, 3.8) is 0 Å². The molecule has 3 rings (SSSR count). The van der Waals surface area contributed by atoms with Crippen molar-refractivity contribution in [3.05, 3.63) is 63.6 Å². The molecule has 1 aliphatic carbocycles. The van der Waals surface area contributed by atoms with Gasteiger partial charge in [-0.05, 0) is 61.4 Å². The van der Waals surface area contributed by atoms with Crippen LogP contribution in [0.1, 0.15) is 51.2 Å². The van der Waals surface area contributed by atoms with Gasteiger partial charge in [-0.1, -0.05) is 55.2 Å². The van der Waals surface area contributed by atoms with Crippen LogP contribution >= 0.6 is 23.2 Å². The Kier molecular flexibility index (Phi) is 8.57. The number of nitrogens with one attached hydrogen (secondary N) is 1. The molecular weight excluding hydrogens is 505 g/mol. The Hall–Kier alpha value is -2.77. The summed E-state index contributed by atoms with van der Waals surface area (Å²) in [7, 11) is 0. The molecule has 9 heteroatoms. The smallest absolute Gasteiger partial charge is 0.309 e. The zero-order valence-electron chi connectivity index (χ0n) is 20.5. The van der Waals surface area contributed by atoms with Crippen LogP contribution < -0.4 is 10.1 Å². The van der Waals surface area contributed by atoms with Crippen molar-refractivity contribution in [3.8, 4) is 5.75 Å². The summed E-state index contributed by atoms with van der Waals surface area (Å²) in [5, 5.41) is 23.0. The van der Waals surface area contributed by atoms with Gasteiger partial charge in [-0.3, -0.25) is 14.4 Å². The van der Waals surface area contributed by atoms with E-state index >= 15 is 0 Å². The molecule has 0 bridgehead atoms. The summed E-state index contributed by atoms with van der Waals surface area (Å²) < 4.78 is 5.79. The normalized spacial score (nSPS) is 21.5. The molecule has 194 valence electrons. The highest BCUT2D eigenvalue weighted by atomic mass is 35.5. The molecule has 1 amide bonds. The van der Waals surface area contributed by atoms with Gasteiger partial charge in [-0.15, -0.1) is 0 Å². The van der Waals surface area contributed by atoms with Crippen molar-refractivity contribution in [2.45, 2.75) is 59.1 Å². The van der Waals surface area contributed by atoms with Gasteiger partial charge in [0.05, 0.1) is 11.8 Å². The third-order valence-corrected chi connectivity index (χ3v) is 8.34. The molecule has 1 fully saturated rings. The molecule has 0 aromatic heterocycles. The van der Waals surface area contributed by atoms with Crippen LogP contribution in [0.2, 0.25) is 10.0 Å². The lowest BCUT2D eigenvalue weighted by Crippen LogP contribution is -2.48. The first-order chi connectivity index (χ1) is 16.8. The summed E-state index contributed by atoms with van der Waals surface area (Å²) in [6.45, 7) is 5.45. The molecule has 7 nitrogen and oxygen atoms in total. The first-order valence-corrected chi connectivity index (χ1v) is 12.5. The minimum Gasteiger partial charge on any atom is -0.489 e. The van der Waals surface area contributed by atoms with Crippen LogP contribution in [0.4, 0.5) is 0 Å². The minimum absolute atomic E-state index is 0.196. The Balaban J connectivity index is 1.66. The van der Waals surface area contributed by atoms with E-state index in [2.05, 4.69) is 5.32 Å². The summed E-state index contributed by atoms with van der Waals surface area (Å²) in [6, 6.07) is 11.7. The molecule has 0 radical (unpaired) electrons. The second kappa shape index (κ2) is 11.1. The van der Waals surface area contributed by atoms with Crippen LogP contribution in [0, 0.1) is 16.7 Å². The largest absolute Gasteiger partial charge is 0.489 e. The van der Waals surface area contributed by atoms with E-state index < -0.39 is 34.7 Å². The van der Waals surface area contributed by atoms with Crippen molar-refractivity contribution in [2.24, 2.45) is 16.7 Å². The first kappa shape index (κ1) is 27.8. The molecule has 0 spiro atoms. The van der Waals surface area contributed by atoms with E-state index in [9.17, 15) is 24.6 Å². The Bertz CT molecular complexity index is 1110. The van der Waals surface area contributed by atoms with Crippen molar-refractivity contribution < 1.29 is 29.3 Å². The fourth-order valence-electron chi connectivity index (χ4n) is 4.86. The number of carbonyl (C=O) groups excluding carboxylic acids is 1. The lowest BCUT2D eigenvalue weighted by atomic mass is 9.65. The van der Waals surface area contributed by atoms with Crippen LogP contribution in [0.5, 0.6) is 5.75 Å². The van der Waals surface area contributed by atoms with Gasteiger partial charge >= 0.3 is 11.9 Å². The van der Waals surface area contributed by atoms with Crippen molar-refractivity contribution in [1.82, 2.24) is 5.32 Å². The van der Waals surface area contributed by atoms with Crippen LogP contribution in [-0.4, -0.2) is 34.1 Å². The zero-order valence-corrected chi connectivity index (χ0v) is 22.0. The Morgan fingerprint density at radius 1 is 1.06 bits per heavy atom. The van der Waals surface area contributed by atoms with Gasteiger partial charge in [0.25, 0.3) is 0 Å². The fraction of sp³-hybridized carbons (Fsp3) is 0.444. The average Bonchev–Trinajstić information content (AvgIpc) is 3.04. The van der Waals surface area contributed by atoms with E-state index in [-0.39, 0.29) is 18.9 Å². The van der Waals surface area contributed by atoms with E-state index in [0.29, 0.717) is 40.6 Å². The number of carbonyl (C=O) groups is 3. The number of ether oxygens (including phenoxy) is 1. The van der Waals surface area contributed by atoms with Crippen molar-refractivity contribution in [2.75, 3.05) is 0 Å². The highest BCUT2D eigenvalue weighted by Gasteiger charge is 2.58. The van der Waals surface area contributed by atoms with E-state index in [1.807, 2.05) is 12.1 Å². The van der Waals surface area contributed by atoms with Gasteiger partial charge in [0.2, 0.25) is 5.91 Å². The summed E-state index contributed by atoms with van der Waals surface area (Å²) in [4.78, 5) is 36.5. The maximum atomic E-state index is 13.1. The number of amides is 1. The predicted octanol–water partition coefficient (Wildman–Crippen LogP) is 5.60. The van der Waals surface area contributed by atoms with Gasteiger partial charge in [0.1, 0.15) is 12.4 Å². The Morgan fingerprint density at radius 3 is 2.19 bits per heavy atom. The Labute approximate surface area is 220 Å². The van der Waals surface area contributed by atoms with E-state index in [4.69, 9.17) is 27.9 Å². The average molecular weight is 536 g/mol. The maximum absolute atomic E-state index is 13.1. The zero-order chi connectivity index (χ0) is 26.7. The molecule has 1 saturated carbocycles. The minimum atomic E-state index is -1.03. The summed E-state index contributed by atoms with van der Waals surface area (Å²) in [6.07, 6.45) is 0.872.